The SMILES string of the molecule is NNc1cn2ccnc2c(NCc2ccc(Cl)cc2)n1. The lowest BCUT2D eigenvalue weighted by molar-refractivity contribution is 1.06. The van der Waals surface area contributed by atoms with Crippen LogP contribution in [0.4, 0.5) is 11.6 Å². The first-order valence-corrected chi connectivity index (χ1v) is 6.43. The minimum Gasteiger partial charge on any atom is -0.363 e. The number of nitrogens with two attached hydrogens (primary N) is 1. The number of anilines is 2. The number of hydrazine groups is 1. The normalized spacial score (nSPS) is 10.7. The van der Waals surface area contributed by atoms with Crippen LogP contribution in [0.2, 0.25) is 5.02 Å². The third-order valence-electron chi connectivity index (χ3n) is 2.90. The maximum atomic E-state index is 5.86. The van der Waals surface area contributed by atoms with Crippen molar-refractivity contribution in [1.29, 1.82) is 0 Å². The van der Waals surface area contributed by atoms with Crippen LogP contribution in [-0.4, -0.2) is 14.4 Å². The Labute approximate surface area is 120 Å². The van der Waals surface area contributed by atoms with Gasteiger partial charge in [0, 0.05) is 24.0 Å². The molecule has 3 rings (SSSR count). The molecule has 0 amide bonds. The van der Waals surface area contributed by atoms with Gasteiger partial charge in [0.2, 0.25) is 0 Å². The molecule has 0 aliphatic carbocycles. The van der Waals surface area contributed by atoms with Crippen LogP contribution >= 0.6 is 11.6 Å². The van der Waals surface area contributed by atoms with Crippen LogP contribution in [0.5, 0.6) is 0 Å². The van der Waals surface area contributed by atoms with Crippen LogP contribution in [0.3, 0.4) is 0 Å². The third-order valence-corrected chi connectivity index (χ3v) is 3.15. The van der Waals surface area contributed by atoms with Crippen molar-refractivity contribution in [2.45, 2.75) is 6.54 Å². The summed E-state index contributed by atoms with van der Waals surface area (Å²) in [5.41, 5.74) is 4.39. The van der Waals surface area contributed by atoms with Gasteiger partial charge in [-0.1, -0.05) is 23.7 Å². The Morgan fingerprint density at radius 3 is 2.80 bits per heavy atom. The zero-order chi connectivity index (χ0) is 13.9. The third kappa shape index (κ3) is 2.52. The smallest absolute Gasteiger partial charge is 0.180 e. The quantitative estimate of drug-likeness (QED) is 0.507. The van der Waals surface area contributed by atoms with Crippen LogP contribution in [-0.2, 0) is 6.54 Å². The van der Waals surface area contributed by atoms with E-state index < -0.39 is 0 Å². The van der Waals surface area contributed by atoms with Crippen molar-refractivity contribution in [2.75, 3.05) is 10.7 Å². The molecule has 0 atom stereocenters. The fraction of sp³-hybridized carbons (Fsp3) is 0.0769. The van der Waals surface area contributed by atoms with Crippen molar-refractivity contribution in [1.82, 2.24) is 14.4 Å². The summed E-state index contributed by atoms with van der Waals surface area (Å²) in [6.07, 6.45) is 5.33. The highest BCUT2D eigenvalue weighted by atomic mass is 35.5. The van der Waals surface area contributed by atoms with Gasteiger partial charge in [0.25, 0.3) is 0 Å². The zero-order valence-corrected chi connectivity index (χ0v) is 11.3. The second kappa shape index (κ2) is 5.36. The summed E-state index contributed by atoms with van der Waals surface area (Å²) in [7, 11) is 0. The largest absolute Gasteiger partial charge is 0.363 e. The molecule has 2 heterocycles. The highest BCUT2D eigenvalue weighted by molar-refractivity contribution is 6.30. The second-order valence-corrected chi connectivity index (χ2v) is 4.69. The number of nitrogens with one attached hydrogen (secondary N) is 2. The molecule has 0 aliphatic heterocycles. The molecule has 7 heteroatoms. The topological polar surface area (TPSA) is 80.3 Å². The van der Waals surface area contributed by atoms with E-state index in [0.717, 1.165) is 16.2 Å². The van der Waals surface area contributed by atoms with E-state index in [9.17, 15) is 0 Å². The predicted molar refractivity (Wildman–Crippen MR) is 79.6 cm³/mol. The molecular weight excluding hydrogens is 276 g/mol. The van der Waals surface area contributed by atoms with E-state index in [1.54, 1.807) is 12.4 Å². The lowest BCUT2D eigenvalue weighted by Crippen LogP contribution is -2.12. The summed E-state index contributed by atoms with van der Waals surface area (Å²) in [6, 6.07) is 7.64. The van der Waals surface area contributed by atoms with Crippen molar-refractivity contribution in [2.24, 2.45) is 5.84 Å². The number of nitrogen functional groups attached to an aromatic ring is 1. The van der Waals surface area contributed by atoms with Crippen molar-refractivity contribution >= 4 is 28.9 Å². The van der Waals surface area contributed by atoms with Gasteiger partial charge in [-0.05, 0) is 17.7 Å². The maximum Gasteiger partial charge on any atom is 0.180 e. The average molecular weight is 289 g/mol. The Bertz CT molecular complexity index is 721. The summed E-state index contributed by atoms with van der Waals surface area (Å²) in [4.78, 5) is 8.64. The van der Waals surface area contributed by atoms with E-state index in [0.29, 0.717) is 18.2 Å². The van der Waals surface area contributed by atoms with E-state index in [2.05, 4.69) is 20.7 Å². The van der Waals surface area contributed by atoms with Gasteiger partial charge in [0.15, 0.2) is 17.3 Å². The molecule has 0 fully saturated rings. The first-order chi connectivity index (χ1) is 9.76. The van der Waals surface area contributed by atoms with Crippen molar-refractivity contribution in [3.63, 3.8) is 0 Å². The van der Waals surface area contributed by atoms with Gasteiger partial charge in [-0.3, -0.25) is 0 Å². The molecule has 3 aromatic rings. The minimum atomic E-state index is 0.564. The summed E-state index contributed by atoms with van der Waals surface area (Å²) >= 11 is 5.86. The summed E-state index contributed by atoms with van der Waals surface area (Å²) < 4.78 is 1.85. The Balaban J connectivity index is 1.86. The van der Waals surface area contributed by atoms with Crippen molar-refractivity contribution in [3.8, 4) is 0 Å². The molecule has 0 unspecified atom stereocenters. The summed E-state index contributed by atoms with van der Waals surface area (Å²) in [5.74, 6) is 6.64. The molecule has 0 spiro atoms. The highest BCUT2D eigenvalue weighted by Gasteiger charge is 2.06. The number of benzene rings is 1. The summed E-state index contributed by atoms with van der Waals surface area (Å²) in [6.45, 7) is 0.626. The molecule has 0 saturated heterocycles. The Hall–Kier alpha value is -2.31. The number of hydrogen-bond acceptors (Lipinski definition) is 5. The number of fused-ring (bicyclic) bond motifs is 1. The van der Waals surface area contributed by atoms with Gasteiger partial charge >= 0.3 is 0 Å². The minimum absolute atomic E-state index is 0.564. The molecule has 0 radical (unpaired) electrons. The van der Waals surface area contributed by atoms with Crippen molar-refractivity contribution in [3.05, 3.63) is 53.4 Å². The van der Waals surface area contributed by atoms with E-state index >= 15 is 0 Å². The molecule has 1 aromatic carbocycles. The van der Waals surface area contributed by atoms with Gasteiger partial charge in [0.1, 0.15) is 0 Å². The van der Waals surface area contributed by atoms with Gasteiger partial charge in [-0.15, -0.1) is 0 Å². The molecule has 6 nitrogen and oxygen atoms in total. The lowest BCUT2D eigenvalue weighted by Gasteiger charge is -2.09. The average Bonchev–Trinajstić information content (AvgIpc) is 2.94. The first kappa shape index (κ1) is 12.7. The summed E-state index contributed by atoms with van der Waals surface area (Å²) in [5, 5.41) is 3.97. The molecular formula is C13H13ClN6. The van der Waals surface area contributed by atoms with Crippen molar-refractivity contribution < 1.29 is 0 Å². The van der Waals surface area contributed by atoms with Crippen LogP contribution < -0.4 is 16.6 Å². The lowest BCUT2D eigenvalue weighted by atomic mass is 10.2. The standard InChI is InChI=1S/C13H13ClN6/c14-10-3-1-9(2-4-10)7-17-12-13-16-5-6-20(13)8-11(18-12)19-15/h1-6,8,19H,7,15H2,(H,17,18). The van der Waals surface area contributed by atoms with Gasteiger partial charge in [0.05, 0.1) is 6.20 Å². The van der Waals surface area contributed by atoms with Gasteiger partial charge < -0.3 is 15.1 Å². The molecule has 2 aromatic heterocycles. The number of aromatic nitrogens is 3. The second-order valence-electron chi connectivity index (χ2n) is 4.26. The van der Waals surface area contributed by atoms with E-state index in [1.807, 2.05) is 34.9 Å². The molecule has 4 N–H and O–H groups in total. The fourth-order valence-corrected chi connectivity index (χ4v) is 2.03. The van der Waals surface area contributed by atoms with E-state index in [1.165, 1.54) is 0 Å². The van der Waals surface area contributed by atoms with E-state index in [4.69, 9.17) is 17.4 Å². The molecule has 0 aliphatic rings. The molecule has 0 saturated carbocycles. The first-order valence-electron chi connectivity index (χ1n) is 6.05. The van der Waals surface area contributed by atoms with Crippen LogP contribution in [0, 0.1) is 0 Å². The highest BCUT2D eigenvalue weighted by Crippen LogP contribution is 2.17. The Morgan fingerprint density at radius 1 is 1.25 bits per heavy atom. The predicted octanol–water partition coefficient (Wildman–Crippen LogP) is 2.28. The Kier molecular flexibility index (Phi) is 3.41. The zero-order valence-electron chi connectivity index (χ0n) is 10.5. The molecule has 20 heavy (non-hydrogen) atoms. The van der Waals surface area contributed by atoms with Crippen LogP contribution in [0.1, 0.15) is 5.56 Å². The molecule has 0 bridgehead atoms. The van der Waals surface area contributed by atoms with Gasteiger partial charge in [-0.25, -0.2) is 15.8 Å². The van der Waals surface area contributed by atoms with Crippen LogP contribution in [0.25, 0.3) is 5.65 Å². The van der Waals surface area contributed by atoms with Crippen LogP contribution in [0.15, 0.2) is 42.9 Å². The Morgan fingerprint density at radius 2 is 2.05 bits per heavy atom. The van der Waals surface area contributed by atoms with E-state index in [-0.39, 0.29) is 0 Å². The number of imidazole rings is 1. The number of halogens is 1. The number of rotatable bonds is 4. The monoisotopic (exact) mass is 288 g/mol. The molecule has 102 valence electrons. The number of hydrogen-bond donors (Lipinski definition) is 3. The van der Waals surface area contributed by atoms with Gasteiger partial charge in [-0.2, -0.15) is 0 Å². The fourth-order valence-electron chi connectivity index (χ4n) is 1.91. The number of nitrogens with zero attached hydrogens (tertiary/aromatic N) is 3. The maximum absolute atomic E-state index is 5.86.